The van der Waals surface area contributed by atoms with E-state index in [0.717, 1.165) is 22.3 Å². The summed E-state index contributed by atoms with van der Waals surface area (Å²) in [4.78, 5) is 74.7. The monoisotopic (exact) mass is 785 g/mol. The fourth-order valence-electron chi connectivity index (χ4n) is 6.79. The van der Waals surface area contributed by atoms with E-state index in [0.29, 0.717) is 18.4 Å². The number of amides is 2. The molecule has 3 aromatic carbocycles. The van der Waals surface area contributed by atoms with Gasteiger partial charge in [0.2, 0.25) is 11.8 Å². The van der Waals surface area contributed by atoms with Crippen LogP contribution in [0.15, 0.2) is 72.8 Å². The summed E-state index contributed by atoms with van der Waals surface area (Å²) < 4.78 is 11.2. The largest absolute Gasteiger partial charge is 0.508 e. The highest BCUT2D eigenvalue weighted by molar-refractivity contribution is 5.94. The number of ether oxygens (including phenoxy) is 2. The minimum Gasteiger partial charge on any atom is -0.508 e. The molecule has 0 saturated heterocycles. The molecule has 0 spiro atoms. The highest BCUT2D eigenvalue weighted by Gasteiger charge is 2.40. The molecule has 0 unspecified atom stereocenters. The lowest BCUT2D eigenvalue weighted by Crippen LogP contribution is -2.55. The molecule has 11 nitrogen and oxygen atoms in total. The number of nitrogens with zero attached hydrogens (tertiary/aromatic N) is 3. The van der Waals surface area contributed by atoms with Crippen molar-refractivity contribution < 1.29 is 38.6 Å². The van der Waals surface area contributed by atoms with Crippen LogP contribution in [-0.4, -0.2) is 109 Å². The number of hydrogen-bond acceptors (Lipinski definition) is 9. The number of methoxy groups -OCH3 is 1. The quantitative estimate of drug-likeness (QED) is 0.137. The molecule has 3 rings (SSSR count). The van der Waals surface area contributed by atoms with Gasteiger partial charge in [0.05, 0.1) is 7.11 Å². The predicted octanol–water partition coefficient (Wildman–Crippen LogP) is 5.98. The van der Waals surface area contributed by atoms with Gasteiger partial charge in [-0.05, 0) is 75.5 Å². The third-order valence-electron chi connectivity index (χ3n) is 11.0. The number of carbonyl (C=O) groups excluding carboxylic acids is 5. The summed E-state index contributed by atoms with van der Waals surface area (Å²) in [5, 5.41) is 9.95. The first-order valence-electron chi connectivity index (χ1n) is 19.8. The molecule has 57 heavy (non-hydrogen) atoms. The van der Waals surface area contributed by atoms with E-state index in [2.05, 4.69) is 0 Å². The van der Waals surface area contributed by atoms with Crippen LogP contribution in [0.5, 0.6) is 5.75 Å². The van der Waals surface area contributed by atoms with Crippen molar-refractivity contribution in [1.82, 2.24) is 14.7 Å². The maximum atomic E-state index is 14.6. The molecule has 0 radical (unpaired) electrons. The van der Waals surface area contributed by atoms with Crippen LogP contribution in [-0.2, 0) is 52.7 Å². The Hall–Kier alpha value is -5.03. The average Bonchev–Trinajstić information content (AvgIpc) is 3.19. The fraction of sp³-hybridized carbons (Fsp3) is 0.500. The lowest BCUT2D eigenvalue weighted by molar-refractivity contribution is -0.163. The van der Waals surface area contributed by atoms with Crippen LogP contribution in [0.1, 0.15) is 68.4 Å². The van der Waals surface area contributed by atoms with Crippen LogP contribution in [0, 0.1) is 31.6 Å². The van der Waals surface area contributed by atoms with Crippen molar-refractivity contribution in [3.63, 3.8) is 0 Å². The molecule has 1 N–H and O–H groups in total. The second-order valence-electron chi connectivity index (χ2n) is 15.9. The van der Waals surface area contributed by atoms with E-state index in [1.807, 2.05) is 90.1 Å². The number of carbonyl (C=O) groups is 5. The number of Topliss-reactive ketones (excluding diaryl/α,β-unsaturated/α-hetero) is 1. The highest BCUT2D eigenvalue weighted by Crippen LogP contribution is 2.26. The van der Waals surface area contributed by atoms with Crippen molar-refractivity contribution in [2.24, 2.45) is 17.8 Å². The molecule has 0 heterocycles. The first kappa shape index (κ1) is 46.4. The van der Waals surface area contributed by atoms with Gasteiger partial charge in [0.1, 0.15) is 23.9 Å². The maximum Gasteiger partial charge on any atom is 0.328 e. The molecule has 0 aromatic heterocycles. The molecule has 0 aliphatic rings. The molecule has 0 aliphatic carbocycles. The third kappa shape index (κ3) is 13.0. The molecule has 0 fully saturated rings. The first-order valence-corrected chi connectivity index (χ1v) is 19.8. The van der Waals surface area contributed by atoms with Gasteiger partial charge in [0.15, 0.2) is 11.9 Å². The molecule has 0 bridgehead atoms. The maximum absolute atomic E-state index is 14.6. The second-order valence-corrected chi connectivity index (χ2v) is 15.9. The SMILES string of the molecule is CC[C@@H](C)[C@H](OC(=O)[C@@H](Cc1ccc(C)cc1)N(C)C)C(=O)C[C@H](C(=O)N(C)[C@H](Cc1ccc(O)cc1)C(=O)N(C)[C@@H](Cc1ccc(C)cc1)C(=O)OC)C(C)C. The predicted molar refractivity (Wildman–Crippen MR) is 221 cm³/mol. The smallest absolute Gasteiger partial charge is 0.328 e. The summed E-state index contributed by atoms with van der Waals surface area (Å²) in [6.45, 7) is 11.4. The second kappa shape index (κ2) is 21.5. The van der Waals surface area contributed by atoms with Crippen LogP contribution in [0.25, 0.3) is 0 Å². The normalized spacial score (nSPS) is 14.5. The first-order chi connectivity index (χ1) is 26.9. The molecule has 0 saturated carbocycles. The lowest BCUT2D eigenvalue weighted by Gasteiger charge is -2.36. The van der Waals surface area contributed by atoms with Gasteiger partial charge in [-0.2, -0.15) is 0 Å². The summed E-state index contributed by atoms with van der Waals surface area (Å²) in [6.07, 6.45) is -0.0562. The number of hydrogen-bond donors (Lipinski definition) is 1. The topological polar surface area (TPSA) is 134 Å². The number of aryl methyl sites for hydroxylation is 2. The van der Waals surface area contributed by atoms with Crippen molar-refractivity contribution in [2.45, 2.75) is 97.9 Å². The van der Waals surface area contributed by atoms with E-state index in [9.17, 15) is 29.1 Å². The molecule has 0 aliphatic heterocycles. The van der Waals surface area contributed by atoms with E-state index < -0.39 is 53.9 Å². The zero-order chi connectivity index (χ0) is 42.6. The van der Waals surface area contributed by atoms with Gasteiger partial charge in [-0.25, -0.2) is 4.79 Å². The average molecular weight is 786 g/mol. The van der Waals surface area contributed by atoms with Crippen LogP contribution < -0.4 is 0 Å². The molecule has 2 amide bonds. The number of aromatic hydroxyl groups is 1. The Morgan fingerprint density at radius 1 is 0.632 bits per heavy atom. The van der Waals surface area contributed by atoms with E-state index >= 15 is 0 Å². The molecule has 3 aromatic rings. The summed E-state index contributed by atoms with van der Waals surface area (Å²) in [5.41, 5.74) is 4.63. The summed E-state index contributed by atoms with van der Waals surface area (Å²) >= 11 is 0. The number of rotatable bonds is 20. The molecular formula is C46H63N3O8. The number of benzene rings is 3. The number of likely N-dealkylation sites (N-methyl/N-ethyl adjacent to an activating group) is 3. The lowest BCUT2D eigenvalue weighted by atomic mass is 9.85. The van der Waals surface area contributed by atoms with Gasteiger partial charge in [-0.3, -0.25) is 24.1 Å². The van der Waals surface area contributed by atoms with E-state index in [1.165, 1.54) is 43.1 Å². The van der Waals surface area contributed by atoms with E-state index in [-0.39, 0.29) is 42.6 Å². The van der Waals surface area contributed by atoms with Crippen LogP contribution in [0.2, 0.25) is 0 Å². The Labute approximate surface area is 339 Å². The number of phenolic OH excluding ortho intramolecular Hbond substituents is 1. The summed E-state index contributed by atoms with van der Waals surface area (Å²) in [5.74, 6) is -3.85. The Kier molecular flexibility index (Phi) is 17.5. The molecule has 6 atom stereocenters. The third-order valence-corrected chi connectivity index (χ3v) is 11.0. The highest BCUT2D eigenvalue weighted by atomic mass is 16.5. The standard InChI is InChI=1S/C46H63N3O8/c1-12-32(6)42(57-46(55)39(47(7)8)26-33-17-13-30(4)14-18-33)41(51)28-37(29(2)3)43(52)48(9)38(25-35-21-23-36(50)24-22-35)44(53)49(10)40(45(54)56-11)27-34-19-15-31(5)16-20-34/h13-24,29,32,37-40,42,50H,12,25-28H2,1-11H3/t32-,37+,38-,39-,40+,42+/m1/s1. The van der Waals surface area contributed by atoms with Gasteiger partial charge in [-0.1, -0.05) is 99.5 Å². The van der Waals surface area contributed by atoms with Crippen molar-refractivity contribution in [3.8, 4) is 5.75 Å². The summed E-state index contributed by atoms with van der Waals surface area (Å²) in [6, 6.07) is 19.2. The van der Waals surface area contributed by atoms with Gasteiger partial charge in [0.25, 0.3) is 0 Å². The van der Waals surface area contributed by atoms with Crippen LogP contribution in [0.3, 0.4) is 0 Å². The van der Waals surface area contributed by atoms with Gasteiger partial charge in [0, 0.05) is 45.2 Å². The Morgan fingerprint density at radius 3 is 1.51 bits per heavy atom. The minimum absolute atomic E-state index is 0.0500. The van der Waals surface area contributed by atoms with E-state index in [4.69, 9.17) is 9.47 Å². The number of esters is 2. The van der Waals surface area contributed by atoms with Crippen LogP contribution in [0.4, 0.5) is 0 Å². The van der Waals surface area contributed by atoms with Crippen LogP contribution >= 0.6 is 0 Å². The minimum atomic E-state index is -1.08. The number of phenols is 1. The molecule has 310 valence electrons. The Balaban J connectivity index is 1.93. The fourth-order valence-corrected chi connectivity index (χ4v) is 6.79. The van der Waals surface area contributed by atoms with Crippen molar-refractivity contribution in [3.05, 3.63) is 101 Å². The van der Waals surface area contributed by atoms with Crippen molar-refractivity contribution in [1.29, 1.82) is 0 Å². The number of ketones is 1. The summed E-state index contributed by atoms with van der Waals surface area (Å²) in [7, 11) is 7.92. The van der Waals surface area contributed by atoms with Gasteiger partial charge < -0.3 is 24.4 Å². The van der Waals surface area contributed by atoms with E-state index in [1.54, 1.807) is 31.1 Å². The molecular weight excluding hydrogens is 723 g/mol. The Bertz CT molecular complexity index is 1790. The van der Waals surface area contributed by atoms with Crippen molar-refractivity contribution in [2.75, 3.05) is 35.3 Å². The van der Waals surface area contributed by atoms with Gasteiger partial charge in [-0.15, -0.1) is 0 Å². The Morgan fingerprint density at radius 2 is 1.07 bits per heavy atom. The molecule has 11 heteroatoms. The zero-order valence-electron chi connectivity index (χ0n) is 35.7. The zero-order valence-corrected chi connectivity index (χ0v) is 35.7. The van der Waals surface area contributed by atoms with Crippen molar-refractivity contribution >= 4 is 29.5 Å². The van der Waals surface area contributed by atoms with Gasteiger partial charge >= 0.3 is 11.9 Å².